The van der Waals surface area contributed by atoms with Crippen LogP contribution in [0.2, 0.25) is 0 Å². The van der Waals surface area contributed by atoms with E-state index in [4.69, 9.17) is 4.98 Å². The van der Waals surface area contributed by atoms with Crippen molar-refractivity contribution >= 4 is 11.6 Å². The molecule has 1 aliphatic rings. The Balaban J connectivity index is 1.57. The van der Waals surface area contributed by atoms with Crippen molar-refractivity contribution in [3.05, 3.63) is 105 Å². The summed E-state index contributed by atoms with van der Waals surface area (Å²) in [6, 6.07) is 15.6. The first-order valence-corrected chi connectivity index (χ1v) is 14.9. The quantitative estimate of drug-likeness (QED) is 0.203. The molecule has 1 amide bonds. The molecule has 3 heterocycles. The largest absolute Gasteiger partial charge is 0.419 e. The molecule has 0 N–H and O–H groups in total. The average molecular weight is 620 g/mol. The van der Waals surface area contributed by atoms with E-state index >= 15 is 0 Å². The Bertz CT molecular complexity index is 1790. The van der Waals surface area contributed by atoms with Gasteiger partial charge in [-0.15, -0.1) is 0 Å². The molecule has 2 aromatic carbocycles. The van der Waals surface area contributed by atoms with E-state index in [1.165, 1.54) is 10.5 Å². The molecule has 2 atom stereocenters. The topological polar surface area (TPSA) is 81.7 Å². The Hall–Kier alpha value is -4.56. The van der Waals surface area contributed by atoms with Crippen LogP contribution in [0.5, 0.6) is 0 Å². The maximum Gasteiger partial charge on any atom is 0.419 e. The van der Waals surface area contributed by atoms with Gasteiger partial charge in [-0.05, 0) is 93.7 Å². The van der Waals surface area contributed by atoms with Gasteiger partial charge in [0.1, 0.15) is 11.5 Å². The van der Waals surface area contributed by atoms with Crippen LogP contribution in [-0.2, 0) is 17.4 Å². The van der Waals surface area contributed by atoms with E-state index in [1.54, 1.807) is 60.5 Å². The lowest BCUT2D eigenvalue weighted by atomic mass is 9.98. The van der Waals surface area contributed by atoms with Crippen molar-refractivity contribution in [2.75, 3.05) is 19.6 Å². The molecule has 5 rings (SSSR count). The van der Waals surface area contributed by atoms with Crippen molar-refractivity contribution in [2.45, 2.75) is 57.8 Å². The van der Waals surface area contributed by atoms with E-state index in [1.807, 2.05) is 0 Å². The van der Waals surface area contributed by atoms with Crippen LogP contribution in [0.4, 0.5) is 17.6 Å². The van der Waals surface area contributed by atoms with Gasteiger partial charge in [-0.2, -0.15) is 18.4 Å². The van der Waals surface area contributed by atoms with Gasteiger partial charge in [0.2, 0.25) is 5.91 Å². The van der Waals surface area contributed by atoms with Crippen LogP contribution >= 0.6 is 0 Å². The van der Waals surface area contributed by atoms with Crippen molar-refractivity contribution in [1.82, 2.24) is 19.2 Å². The first-order valence-electron chi connectivity index (χ1n) is 14.9. The molecule has 234 valence electrons. The number of halogens is 4. The normalized spacial score (nSPS) is 15.1. The highest BCUT2D eigenvalue weighted by Crippen LogP contribution is 2.33. The lowest BCUT2D eigenvalue weighted by Crippen LogP contribution is -2.40. The van der Waals surface area contributed by atoms with Gasteiger partial charge in [0.05, 0.1) is 40.9 Å². The number of benzene rings is 2. The molecule has 0 aliphatic carbocycles. The van der Waals surface area contributed by atoms with Crippen LogP contribution in [0.15, 0.2) is 71.7 Å². The van der Waals surface area contributed by atoms with Crippen molar-refractivity contribution < 1.29 is 22.4 Å². The summed E-state index contributed by atoms with van der Waals surface area (Å²) in [5, 5.41) is 9.29. The van der Waals surface area contributed by atoms with Gasteiger partial charge in [-0.3, -0.25) is 14.0 Å². The molecule has 1 aliphatic heterocycles. The van der Waals surface area contributed by atoms with E-state index < -0.39 is 35.9 Å². The highest BCUT2D eigenvalue weighted by molar-refractivity contribution is 5.80. The third-order valence-electron chi connectivity index (χ3n) is 8.49. The van der Waals surface area contributed by atoms with Crippen LogP contribution in [0.25, 0.3) is 16.8 Å². The zero-order chi connectivity index (χ0) is 32.3. The van der Waals surface area contributed by atoms with Gasteiger partial charge >= 0.3 is 6.18 Å². The van der Waals surface area contributed by atoms with E-state index in [-0.39, 0.29) is 29.3 Å². The molecule has 11 heteroatoms. The van der Waals surface area contributed by atoms with E-state index in [0.717, 1.165) is 32.0 Å². The standard InChI is InChI=1S/C34H33F4N5O2/c1-22(41-15-5-6-16-41)14-18-42(30(44)20-25-10-13-28(35)27(19-25)34(36,37)38)23(2)32-31(26-11-8-24(21-39)9-12-26)33(45)43-17-4-3-7-29(43)40-32/h3-4,7-13,17,19,22-23H,5-6,14-16,18,20H2,1-2H3/t22-,23-/m1/s1. The average Bonchev–Trinajstić information content (AvgIpc) is 3.57. The number of aromatic nitrogens is 2. The highest BCUT2D eigenvalue weighted by atomic mass is 19.4. The number of likely N-dealkylation sites (tertiary alicyclic amines) is 1. The summed E-state index contributed by atoms with van der Waals surface area (Å²) in [5.74, 6) is -1.88. The summed E-state index contributed by atoms with van der Waals surface area (Å²) >= 11 is 0. The Morgan fingerprint density at radius 1 is 1.07 bits per heavy atom. The summed E-state index contributed by atoms with van der Waals surface area (Å²) < 4.78 is 55.8. The van der Waals surface area contributed by atoms with Crippen LogP contribution in [0.1, 0.15) is 61.5 Å². The van der Waals surface area contributed by atoms with E-state index in [2.05, 4.69) is 17.9 Å². The molecule has 1 fully saturated rings. The van der Waals surface area contributed by atoms with Gasteiger partial charge < -0.3 is 9.80 Å². The maximum atomic E-state index is 14.0. The minimum atomic E-state index is -4.91. The van der Waals surface area contributed by atoms with E-state index in [9.17, 15) is 32.4 Å². The summed E-state index contributed by atoms with van der Waals surface area (Å²) in [5.41, 5.74) is 0.103. The van der Waals surface area contributed by atoms with Crippen LogP contribution in [-0.4, -0.2) is 50.8 Å². The Labute approximate surface area is 258 Å². The second-order valence-corrected chi connectivity index (χ2v) is 11.4. The lowest BCUT2D eigenvalue weighted by Gasteiger charge is -2.33. The van der Waals surface area contributed by atoms with E-state index in [0.29, 0.717) is 35.0 Å². The lowest BCUT2D eigenvalue weighted by molar-refractivity contribution is -0.140. The maximum absolute atomic E-state index is 14.0. The van der Waals surface area contributed by atoms with Crippen molar-refractivity contribution in [2.24, 2.45) is 0 Å². The number of hydrogen-bond acceptors (Lipinski definition) is 5. The summed E-state index contributed by atoms with van der Waals surface area (Å²) in [6.07, 6.45) is -0.937. The molecule has 0 radical (unpaired) electrons. The molecule has 45 heavy (non-hydrogen) atoms. The van der Waals surface area contributed by atoms with Gasteiger partial charge in [-0.25, -0.2) is 9.37 Å². The number of hydrogen-bond donors (Lipinski definition) is 0. The molecule has 0 unspecified atom stereocenters. The Morgan fingerprint density at radius 2 is 1.78 bits per heavy atom. The number of carbonyl (C=O) groups excluding carboxylic acids is 1. The third-order valence-corrected chi connectivity index (χ3v) is 8.49. The molecule has 1 saturated heterocycles. The first kappa shape index (κ1) is 31.9. The predicted molar refractivity (Wildman–Crippen MR) is 162 cm³/mol. The van der Waals surface area contributed by atoms with Crippen molar-refractivity contribution in [3.8, 4) is 17.2 Å². The Kier molecular flexibility index (Phi) is 9.34. The number of fused-ring (bicyclic) bond motifs is 1. The number of alkyl halides is 3. The number of rotatable bonds is 9. The molecular weight excluding hydrogens is 586 g/mol. The molecule has 0 saturated carbocycles. The molecule has 0 spiro atoms. The molecular formula is C34H33F4N5O2. The smallest absolute Gasteiger partial charge is 0.334 e. The number of pyridine rings is 1. The second-order valence-electron chi connectivity index (χ2n) is 11.4. The molecule has 7 nitrogen and oxygen atoms in total. The SMILES string of the molecule is C[C@H](CCN(C(=O)Cc1ccc(F)c(C(F)(F)F)c1)[C@H](C)c1nc2ccccn2c(=O)c1-c1ccc(C#N)cc1)N1CCCC1. The number of amides is 1. The number of carbonyl (C=O) groups is 1. The minimum Gasteiger partial charge on any atom is -0.334 e. The fourth-order valence-electron chi connectivity index (χ4n) is 5.94. The third kappa shape index (κ3) is 6.91. The van der Waals surface area contributed by atoms with Crippen LogP contribution < -0.4 is 5.56 Å². The highest BCUT2D eigenvalue weighted by Gasteiger charge is 2.35. The van der Waals surface area contributed by atoms with Gasteiger partial charge in [0.25, 0.3) is 5.56 Å². The van der Waals surface area contributed by atoms with Gasteiger partial charge in [0.15, 0.2) is 0 Å². The van der Waals surface area contributed by atoms with Gasteiger partial charge in [0, 0.05) is 18.8 Å². The summed E-state index contributed by atoms with van der Waals surface area (Å²) in [4.78, 5) is 36.6. The van der Waals surface area contributed by atoms with Crippen LogP contribution in [0, 0.1) is 17.1 Å². The second kappa shape index (κ2) is 13.2. The zero-order valence-electron chi connectivity index (χ0n) is 25.0. The minimum absolute atomic E-state index is 0.0253. The fourth-order valence-corrected chi connectivity index (χ4v) is 5.94. The predicted octanol–water partition coefficient (Wildman–Crippen LogP) is 6.40. The zero-order valence-corrected chi connectivity index (χ0v) is 25.0. The summed E-state index contributed by atoms with van der Waals surface area (Å²) in [7, 11) is 0. The van der Waals surface area contributed by atoms with Crippen molar-refractivity contribution in [3.63, 3.8) is 0 Å². The molecule has 4 aromatic rings. The van der Waals surface area contributed by atoms with Crippen LogP contribution in [0.3, 0.4) is 0 Å². The van der Waals surface area contributed by atoms with Crippen molar-refractivity contribution in [1.29, 1.82) is 5.26 Å². The molecule has 2 aromatic heterocycles. The molecule has 0 bridgehead atoms. The monoisotopic (exact) mass is 619 g/mol. The first-order chi connectivity index (χ1) is 21.5. The fraction of sp³-hybridized carbons (Fsp3) is 0.353. The number of nitriles is 1. The van der Waals surface area contributed by atoms with Gasteiger partial charge in [-0.1, -0.05) is 24.3 Å². The Morgan fingerprint density at radius 3 is 2.44 bits per heavy atom. The number of nitrogens with zero attached hydrogens (tertiary/aromatic N) is 5. The summed E-state index contributed by atoms with van der Waals surface area (Å²) in [6.45, 7) is 5.99.